The third-order valence-corrected chi connectivity index (χ3v) is 4.19. The molecule has 0 aromatic carbocycles. The molecule has 4 heteroatoms. The number of carbonyl (C=O) groups excluding carboxylic acids is 1. The number of nitrogens with one attached hydrogen (secondary N) is 1. The second kappa shape index (κ2) is 6.71. The summed E-state index contributed by atoms with van der Waals surface area (Å²) in [5, 5.41) is 5.39. The summed E-state index contributed by atoms with van der Waals surface area (Å²) >= 11 is 1.70. The van der Waals surface area contributed by atoms with E-state index in [0.717, 1.165) is 25.8 Å². The van der Waals surface area contributed by atoms with Crippen LogP contribution in [0.25, 0.3) is 0 Å². The topological polar surface area (TPSA) is 38.3 Å². The Morgan fingerprint density at radius 2 is 2.50 bits per heavy atom. The van der Waals surface area contributed by atoms with Crippen LogP contribution < -0.4 is 5.32 Å². The SMILES string of the molecule is COC(=O)C(NCc1cccs1)C1CC=CCC1. The Hall–Kier alpha value is -1.13. The molecule has 2 rings (SSSR count). The Morgan fingerprint density at radius 1 is 1.61 bits per heavy atom. The van der Waals surface area contributed by atoms with E-state index in [-0.39, 0.29) is 12.0 Å². The molecule has 3 nitrogen and oxygen atoms in total. The number of esters is 1. The lowest BCUT2D eigenvalue weighted by molar-refractivity contribution is -0.144. The zero-order valence-electron chi connectivity index (χ0n) is 10.6. The maximum absolute atomic E-state index is 11.9. The highest BCUT2D eigenvalue weighted by molar-refractivity contribution is 7.09. The van der Waals surface area contributed by atoms with E-state index in [9.17, 15) is 4.79 Å². The lowest BCUT2D eigenvalue weighted by Crippen LogP contribution is -2.43. The minimum absolute atomic E-state index is 0.146. The molecule has 1 aliphatic carbocycles. The molecule has 1 aromatic rings. The van der Waals surface area contributed by atoms with E-state index in [4.69, 9.17) is 4.74 Å². The molecule has 2 unspecified atom stereocenters. The van der Waals surface area contributed by atoms with Crippen molar-refractivity contribution in [3.63, 3.8) is 0 Å². The zero-order chi connectivity index (χ0) is 12.8. The minimum Gasteiger partial charge on any atom is -0.468 e. The quantitative estimate of drug-likeness (QED) is 0.657. The van der Waals surface area contributed by atoms with E-state index in [2.05, 4.69) is 23.5 Å². The number of thiophene rings is 1. The van der Waals surface area contributed by atoms with Gasteiger partial charge in [-0.15, -0.1) is 11.3 Å². The third-order valence-electron chi connectivity index (χ3n) is 3.31. The number of hydrogen-bond donors (Lipinski definition) is 1. The molecule has 0 fully saturated rings. The van der Waals surface area contributed by atoms with Crippen LogP contribution in [0.4, 0.5) is 0 Å². The van der Waals surface area contributed by atoms with Crippen molar-refractivity contribution in [3.05, 3.63) is 34.5 Å². The van der Waals surface area contributed by atoms with E-state index < -0.39 is 0 Å². The fraction of sp³-hybridized carbons (Fsp3) is 0.500. The van der Waals surface area contributed by atoms with Gasteiger partial charge in [-0.05, 0) is 36.6 Å². The molecule has 0 spiro atoms. The van der Waals surface area contributed by atoms with Gasteiger partial charge >= 0.3 is 5.97 Å². The van der Waals surface area contributed by atoms with Crippen molar-refractivity contribution >= 4 is 17.3 Å². The second-order valence-electron chi connectivity index (χ2n) is 4.51. The van der Waals surface area contributed by atoms with Gasteiger partial charge in [-0.25, -0.2) is 0 Å². The highest BCUT2D eigenvalue weighted by Crippen LogP contribution is 2.23. The predicted octanol–water partition coefficient (Wildman–Crippen LogP) is 2.74. The van der Waals surface area contributed by atoms with E-state index in [1.807, 2.05) is 11.4 Å². The number of ether oxygens (including phenoxy) is 1. The van der Waals surface area contributed by atoms with Gasteiger partial charge < -0.3 is 4.74 Å². The van der Waals surface area contributed by atoms with Crippen LogP contribution >= 0.6 is 11.3 Å². The largest absolute Gasteiger partial charge is 0.468 e. The third kappa shape index (κ3) is 3.43. The van der Waals surface area contributed by atoms with Crippen LogP contribution in [0, 0.1) is 5.92 Å². The standard InChI is InChI=1S/C14H19NO2S/c1-17-14(16)13(11-6-3-2-4-7-11)15-10-12-8-5-9-18-12/h2-3,5,8-9,11,13,15H,4,6-7,10H2,1H3. The first-order valence-electron chi connectivity index (χ1n) is 6.30. The molecular formula is C14H19NO2S. The monoisotopic (exact) mass is 265 g/mol. The summed E-state index contributed by atoms with van der Waals surface area (Å²) < 4.78 is 4.91. The average molecular weight is 265 g/mol. The molecule has 1 aliphatic rings. The molecule has 2 atom stereocenters. The van der Waals surface area contributed by atoms with Crippen molar-refractivity contribution in [2.75, 3.05) is 7.11 Å². The molecule has 0 bridgehead atoms. The Balaban J connectivity index is 1.96. The van der Waals surface area contributed by atoms with E-state index in [1.165, 1.54) is 12.0 Å². The summed E-state index contributed by atoms with van der Waals surface area (Å²) in [5.74, 6) is 0.203. The first-order chi connectivity index (χ1) is 8.81. The van der Waals surface area contributed by atoms with E-state index in [0.29, 0.717) is 5.92 Å². The lowest BCUT2D eigenvalue weighted by atomic mass is 9.87. The first-order valence-corrected chi connectivity index (χ1v) is 7.18. The van der Waals surface area contributed by atoms with Crippen LogP contribution in [0.5, 0.6) is 0 Å². The van der Waals surface area contributed by atoms with Crippen LogP contribution in [0.1, 0.15) is 24.1 Å². The van der Waals surface area contributed by atoms with Gasteiger partial charge in [-0.2, -0.15) is 0 Å². The molecule has 18 heavy (non-hydrogen) atoms. The van der Waals surface area contributed by atoms with E-state index >= 15 is 0 Å². The first kappa shape index (κ1) is 13.3. The lowest BCUT2D eigenvalue weighted by Gasteiger charge is -2.26. The Kier molecular flexibility index (Phi) is 4.96. The molecule has 0 saturated carbocycles. The number of allylic oxidation sites excluding steroid dienone is 2. The fourth-order valence-electron chi connectivity index (χ4n) is 2.31. The summed E-state index contributed by atoms with van der Waals surface area (Å²) in [6.07, 6.45) is 7.41. The fourth-order valence-corrected chi connectivity index (χ4v) is 2.97. The molecule has 1 aromatic heterocycles. The molecular weight excluding hydrogens is 246 g/mol. The van der Waals surface area contributed by atoms with Crippen molar-refractivity contribution in [2.24, 2.45) is 5.92 Å². The average Bonchev–Trinajstić information content (AvgIpc) is 2.93. The highest BCUT2D eigenvalue weighted by Gasteiger charge is 2.28. The maximum Gasteiger partial charge on any atom is 0.323 e. The summed E-state index contributed by atoms with van der Waals surface area (Å²) in [7, 11) is 1.46. The Bertz CT molecular complexity index is 400. The second-order valence-corrected chi connectivity index (χ2v) is 5.54. The van der Waals surface area contributed by atoms with Crippen molar-refractivity contribution in [1.29, 1.82) is 0 Å². The van der Waals surface area contributed by atoms with Gasteiger partial charge in [0.2, 0.25) is 0 Å². The number of rotatable bonds is 5. The Morgan fingerprint density at radius 3 is 3.11 bits per heavy atom. The van der Waals surface area contributed by atoms with Crippen molar-refractivity contribution in [1.82, 2.24) is 5.32 Å². The van der Waals surface area contributed by atoms with Crippen molar-refractivity contribution in [3.8, 4) is 0 Å². The highest BCUT2D eigenvalue weighted by atomic mass is 32.1. The molecule has 0 saturated heterocycles. The molecule has 1 N–H and O–H groups in total. The zero-order valence-corrected chi connectivity index (χ0v) is 11.4. The van der Waals surface area contributed by atoms with Gasteiger partial charge in [0.15, 0.2) is 0 Å². The molecule has 0 radical (unpaired) electrons. The van der Waals surface area contributed by atoms with Gasteiger partial charge in [0.25, 0.3) is 0 Å². The molecule has 0 amide bonds. The van der Waals surface area contributed by atoms with Gasteiger partial charge in [0, 0.05) is 11.4 Å². The molecule has 0 aliphatic heterocycles. The molecule has 1 heterocycles. The van der Waals surface area contributed by atoms with Crippen molar-refractivity contribution < 1.29 is 9.53 Å². The van der Waals surface area contributed by atoms with Crippen LogP contribution in [0.2, 0.25) is 0 Å². The van der Waals surface area contributed by atoms with Gasteiger partial charge in [0.05, 0.1) is 7.11 Å². The normalized spacial score (nSPS) is 20.6. The summed E-state index contributed by atoms with van der Waals surface area (Å²) in [6.45, 7) is 0.734. The summed E-state index contributed by atoms with van der Waals surface area (Å²) in [5.41, 5.74) is 0. The van der Waals surface area contributed by atoms with Crippen LogP contribution in [0.3, 0.4) is 0 Å². The van der Waals surface area contributed by atoms with Gasteiger partial charge in [-0.1, -0.05) is 18.2 Å². The number of carbonyl (C=O) groups is 1. The van der Waals surface area contributed by atoms with Crippen LogP contribution in [0.15, 0.2) is 29.7 Å². The number of methoxy groups -OCH3 is 1. The predicted molar refractivity (Wildman–Crippen MR) is 73.4 cm³/mol. The Labute approximate surface area is 112 Å². The number of hydrogen-bond acceptors (Lipinski definition) is 4. The molecule has 98 valence electrons. The van der Waals surface area contributed by atoms with E-state index in [1.54, 1.807) is 11.3 Å². The van der Waals surface area contributed by atoms with Gasteiger partial charge in [-0.3, -0.25) is 10.1 Å². The smallest absolute Gasteiger partial charge is 0.323 e. The minimum atomic E-state index is -0.193. The van der Waals surface area contributed by atoms with Crippen LogP contribution in [-0.2, 0) is 16.1 Å². The summed E-state index contributed by atoms with van der Waals surface area (Å²) in [4.78, 5) is 13.1. The van der Waals surface area contributed by atoms with Gasteiger partial charge in [0.1, 0.15) is 6.04 Å². The van der Waals surface area contributed by atoms with Crippen LogP contribution in [-0.4, -0.2) is 19.1 Å². The maximum atomic E-state index is 11.9. The summed E-state index contributed by atoms with van der Waals surface area (Å²) in [6, 6.07) is 3.91. The van der Waals surface area contributed by atoms with Crippen molar-refractivity contribution in [2.45, 2.75) is 31.8 Å².